The summed E-state index contributed by atoms with van der Waals surface area (Å²) < 4.78 is 38.2. The lowest BCUT2D eigenvalue weighted by Gasteiger charge is -2.24. The molecular formula is C18H28Cl2N2O5S. The highest BCUT2D eigenvalue weighted by Gasteiger charge is 2.28. The van der Waals surface area contributed by atoms with Crippen LogP contribution in [0, 0.1) is 0 Å². The van der Waals surface area contributed by atoms with E-state index in [2.05, 4.69) is 0 Å². The molecule has 1 aromatic rings. The second kappa shape index (κ2) is 11.7. The zero-order valence-corrected chi connectivity index (χ0v) is 19.0. The van der Waals surface area contributed by atoms with Crippen LogP contribution in [0.25, 0.3) is 0 Å². The minimum absolute atomic E-state index is 0.0268. The lowest BCUT2D eigenvalue weighted by atomic mass is 10.1. The summed E-state index contributed by atoms with van der Waals surface area (Å²) in [5.41, 5.74) is 0.337. The van der Waals surface area contributed by atoms with Gasteiger partial charge in [-0.15, -0.1) is 23.2 Å². The van der Waals surface area contributed by atoms with Gasteiger partial charge in [-0.2, -0.15) is 4.31 Å². The Labute approximate surface area is 177 Å². The van der Waals surface area contributed by atoms with Crippen LogP contribution >= 0.6 is 23.2 Å². The maximum absolute atomic E-state index is 13.1. The van der Waals surface area contributed by atoms with E-state index in [1.165, 1.54) is 35.6 Å². The zero-order valence-electron chi connectivity index (χ0n) is 16.7. The minimum atomic E-state index is -3.81. The Balaban J connectivity index is 3.48. The molecule has 0 saturated heterocycles. The average Bonchev–Trinajstić information content (AvgIpc) is 2.67. The van der Waals surface area contributed by atoms with Gasteiger partial charge in [0.2, 0.25) is 15.9 Å². The first-order valence-corrected chi connectivity index (χ1v) is 11.5. The van der Waals surface area contributed by atoms with Crippen molar-refractivity contribution in [3.8, 4) is 11.5 Å². The molecule has 0 unspecified atom stereocenters. The van der Waals surface area contributed by atoms with Crippen LogP contribution in [0.2, 0.25) is 0 Å². The van der Waals surface area contributed by atoms with Crippen molar-refractivity contribution in [3.63, 3.8) is 0 Å². The van der Waals surface area contributed by atoms with Crippen molar-refractivity contribution >= 4 is 39.1 Å². The Kier molecular flexibility index (Phi) is 10.4. The second-order valence-electron chi connectivity index (χ2n) is 5.84. The summed E-state index contributed by atoms with van der Waals surface area (Å²) in [6, 6.07) is 2.94. The van der Waals surface area contributed by atoms with Crippen molar-refractivity contribution in [2.45, 2.75) is 25.2 Å². The molecule has 1 aromatic carbocycles. The molecular weight excluding hydrogens is 427 g/mol. The first-order chi connectivity index (χ1) is 13.3. The molecule has 28 heavy (non-hydrogen) atoms. The highest BCUT2D eigenvalue weighted by molar-refractivity contribution is 7.89. The third-order valence-corrected chi connectivity index (χ3v) is 6.76. The molecule has 0 fully saturated rings. The number of benzene rings is 1. The number of hydrogen-bond acceptors (Lipinski definition) is 5. The normalized spacial score (nSPS) is 11.5. The molecule has 0 spiro atoms. The van der Waals surface area contributed by atoms with Crippen molar-refractivity contribution in [2.24, 2.45) is 0 Å². The maximum atomic E-state index is 13.1. The number of rotatable bonds is 12. The topological polar surface area (TPSA) is 76.1 Å². The Bertz CT molecular complexity index is 749. The summed E-state index contributed by atoms with van der Waals surface area (Å²) in [5, 5.41) is 0. The van der Waals surface area contributed by atoms with Gasteiger partial charge >= 0.3 is 0 Å². The fraction of sp³-hybridized carbons (Fsp3) is 0.611. The lowest BCUT2D eigenvalue weighted by molar-refractivity contribution is -0.130. The number of methoxy groups -OCH3 is 2. The summed E-state index contributed by atoms with van der Waals surface area (Å²) in [5.74, 6) is 0.899. The number of amides is 1. The molecule has 0 aliphatic rings. The van der Waals surface area contributed by atoms with E-state index in [4.69, 9.17) is 32.7 Å². The first-order valence-electron chi connectivity index (χ1n) is 8.95. The van der Waals surface area contributed by atoms with Crippen LogP contribution in [-0.2, 0) is 21.2 Å². The van der Waals surface area contributed by atoms with Crippen LogP contribution in [0.15, 0.2) is 17.0 Å². The van der Waals surface area contributed by atoms with Crippen LogP contribution in [0.3, 0.4) is 0 Å². The minimum Gasteiger partial charge on any atom is -0.493 e. The number of carbonyl (C=O) groups excluding carboxylic acids is 1. The Morgan fingerprint density at radius 1 is 1.00 bits per heavy atom. The van der Waals surface area contributed by atoms with Crippen molar-refractivity contribution in [3.05, 3.63) is 17.7 Å². The van der Waals surface area contributed by atoms with E-state index >= 15 is 0 Å². The number of nitrogens with zero attached hydrogens (tertiary/aromatic N) is 2. The number of ether oxygens (including phenoxy) is 2. The largest absolute Gasteiger partial charge is 0.493 e. The Morgan fingerprint density at radius 2 is 1.50 bits per heavy atom. The van der Waals surface area contributed by atoms with E-state index in [1.54, 1.807) is 13.8 Å². The number of carbonyl (C=O) groups is 1. The molecule has 0 N–H and O–H groups in total. The summed E-state index contributed by atoms with van der Waals surface area (Å²) in [7, 11) is -0.927. The summed E-state index contributed by atoms with van der Waals surface area (Å²) in [6.45, 7) is 4.80. The molecule has 0 aliphatic carbocycles. The molecule has 0 radical (unpaired) electrons. The van der Waals surface area contributed by atoms with Crippen molar-refractivity contribution < 1.29 is 22.7 Å². The predicted molar refractivity (Wildman–Crippen MR) is 111 cm³/mol. The maximum Gasteiger partial charge on any atom is 0.243 e. The number of hydrogen-bond donors (Lipinski definition) is 0. The first kappa shape index (κ1) is 24.8. The van der Waals surface area contributed by atoms with Crippen LogP contribution in [0.5, 0.6) is 11.5 Å². The predicted octanol–water partition coefficient (Wildman–Crippen LogP) is 2.58. The van der Waals surface area contributed by atoms with Crippen LogP contribution in [0.1, 0.15) is 19.4 Å². The molecule has 160 valence electrons. The summed E-state index contributed by atoms with van der Waals surface area (Å²) >= 11 is 11.5. The van der Waals surface area contributed by atoms with Gasteiger partial charge in [0.25, 0.3) is 0 Å². The van der Waals surface area contributed by atoms with Crippen LogP contribution in [0.4, 0.5) is 0 Å². The Morgan fingerprint density at radius 3 is 1.93 bits per heavy atom. The van der Waals surface area contributed by atoms with Gasteiger partial charge in [-0.3, -0.25) is 4.79 Å². The second-order valence-corrected chi connectivity index (χ2v) is 8.50. The molecule has 7 nitrogen and oxygen atoms in total. The summed E-state index contributed by atoms with van der Waals surface area (Å²) in [6.07, 6.45) is -0.121. The van der Waals surface area contributed by atoms with Gasteiger partial charge in [-0.05, 0) is 11.6 Å². The third kappa shape index (κ3) is 5.89. The fourth-order valence-corrected chi connectivity index (χ4v) is 4.91. The average molecular weight is 455 g/mol. The molecule has 10 heteroatoms. The zero-order chi connectivity index (χ0) is 21.3. The van der Waals surface area contributed by atoms with Gasteiger partial charge in [0, 0.05) is 44.0 Å². The Hall–Kier alpha value is -1.22. The van der Waals surface area contributed by atoms with E-state index in [9.17, 15) is 13.2 Å². The molecule has 0 aliphatic heterocycles. The summed E-state index contributed by atoms with van der Waals surface area (Å²) in [4.78, 5) is 14.3. The lowest BCUT2D eigenvalue weighted by Crippen LogP contribution is -2.36. The van der Waals surface area contributed by atoms with Gasteiger partial charge in [-0.1, -0.05) is 13.8 Å². The van der Waals surface area contributed by atoms with E-state index in [1.807, 2.05) is 0 Å². The number of sulfonamides is 1. The highest BCUT2D eigenvalue weighted by Crippen LogP contribution is 2.34. The molecule has 0 bridgehead atoms. The van der Waals surface area contributed by atoms with Gasteiger partial charge in [0.1, 0.15) is 0 Å². The highest BCUT2D eigenvalue weighted by atomic mass is 35.5. The standard InChI is InChI=1S/C18H28Cl2N2O5S/c1-5-22(6-2)28(24,25)17-13-16(27-4)15(26-3)11-14(17)12-18(23)21(9-7-19)10-8-20/h11,13H,5-10,12H2,1-4H3. The molecule has 0 heterocycles. The van der Waals surface area contributed by atoms with Gasteiger partial charge < -0.3 is 14.4 Å². The van der Waals surface area contributed by atoms with Crippen LogP contribution in [-0.4, -0.2) is 75.7 Å². The van der Waals surface area contributed by atoms with Crippen molar-refractivity contribution in [2.75, 3.05) is 52.2 Å². The van der Waals surface area contributed by atoms with Gasteiger partial charge in [0.15, 0.2) is 11.5 Å². The number of alkyl halides is 2. The van der Waals surface area contributed by atoms with E-state index in [-0.39, 0.29) is 34.7 Å². The van der Waals surface area contributed by atoms with Crippen LogP contribution < -0.4 is 9.47 Å². The van der Waals surface area contributed by atoms with E-state index in [0.29, 0.717) is 37.5 Å². The smallest absolute Gasteiger partial charge is 0.243 e. The van der Waals surface area contributed by atoms with Crippen molar-refractivity contribution in [1.29, 1.82) is 0 Å². The number of halogens is 2. The molecule has 0 atom stereocenters. The molecule has 0 saturated carbocycles. The van der Waals surface area contributed by atoms with Gasteiger partial charge in [-0.25, -0.2) is 8.42 Å². The monoisotopic (exact) mass is 454 g/mol. The van der Waals surface area contributed by atoms with E-state index < -0.39 is 10.0 Å². The third-order valence-electron chi connectivity index (χ3n) is 4.29. The quantitative estimate of drug-likeness (QED) is 0.453. The molecule has 1 rings (SSSR count). The van der Waals surface area contributed by atoms with E-state index in [0.717, 1.165) is 0 Å². The molecule has 0 aromatic heterocycles. The van der Waals surface area contributed by atoms with Gasteiger partial charge in [0.05, 0.1) is 25.5 Å². The SMILES string of the molecule is CCN(CC)S(=O)(=O)c1cc(OC)c(OC)cc1CC(=O)N(CCCl)CCCl. The molecule has 1 amide bonds. The van der Waals surface area contributed by atoms with Crippen molar-refractivity contribution in [1.82, 2.24) is 9.21 Å². The fourth-order valence-electron chi connectivity index (χ4n) is 2.82.